The SMILES string of the molecule is c1ccc(N2CCC([C@H]3c4ccccc4-c4cncn43)CC2)cc1. The Bertz CT molecular complexity index is 844. The molecule has 0 radical (unpaired) electrons. The number of imidazole rings is 1. The molecule has 2 aliphatic rings. The van der Waals surface area contributed by atoms with Gasteiger partial charge in [-0.25, -0.2) is 4.98 Å². The van der Waals surface area contributed by atoms with Crippen LogP contribution in [0.3, 0.4) is 0 Å². The molecule has 1 fully saturated rings. The molecular formula is C21H21N3. The van der Waals surface area contributed by atoms with Crippen LogP contribution in [-0.2, 0) is 0 Å². The largest absolute Gasteiger partial charge is 0.372 e. The van der Waals surface area contributed by atoms with Gasteiger partial charge in [0.1, 0.15) is 0 Å². The number of benzene rings is 2. The first-order chi connectivity index (χ1) is 11.9. The van der Waals surface area contributed by atoms with Crippen molar-refractivity contribution in [2.24, 2.45) is 5.92 Å². The predicted octanol–water partition coefficient (Wildman–Crippen LogP) is 4.37. The number of anilines is 1. The number of fused-ring (bicyclic) bond motifs is 3. The quantitative estimate of drug-likeness (QED) is 0.700. The molecule has 3 aromatic rings. The molecule has 2 aromatic carbocycles. The molecule has 0 unspecified atom stereocenters. The van der Waals surface area contributed by atoms with Gasteiger partial charge in [0.05, 0.1) is 24.3 Å². The molecule has 0 aliphatic carbocycles. The van der Waals surface area contributed by atoms with Gasteiger partial charge in [0, 0.05) is 24.3 Å². The molecule has 5 rings (SSSR count). The minimum absolute atomic E-state index is 0.455. The van der Waals surface area contributed by atoms with Crippen molar-refractivity contribution < 1.29 is 0 Å². The van der Waals surface area contributed by atoms with Crippen LogP contribution in [0, 0.1) is 5.92 Å². The van der Waals surface area contributed by atoms with Crippen LogP contribution in [0.15, 0.2) is 67.1 Å². The number of hydrogen-bond donors (Lipinski definition) is 0. The van der Waals surface area contributed by atoms with Crippen molar-refractivity contribution in [1.82, 2.24) is 9.55 Å². The number of para-hydroxylation sites is 1. The third-order valence-corrected chi connectivity index (χ3v) is 5.63. The normalized spacial score (nSPS) is 20.0. The van der Waals surface area contributed by atoms with Gasteiger partial charge in [0.15, 0.2) is 0 Å². The standard InChI is InChI=1S/C21H21N3/c1-2-6-17(7-3-1)23-12-10-16(11-13-23)21-19-9-5-4-8-18(19)20-14-22-15-24(20)21/h1-9,14-16,21H,10-13H2/t21-/m0/s1. The second-order valence-corrected chi connectivity index (χ2v) is 6.88. The number of rotatable bonds is 2. The molecule has 0 amide bonds. The zero-order valence-corrected chi connectivity index (χ0v) is 13.7. The second-order valence-electron chi connectivity index (χ2n) is 6.88. The van der Waals surface area contributed by atoms with Crippen molar-refractivity contribution in [3.63, 3.8) is 0 Å². The highest BCUT2D eigenvalue weighted by Crippen LogP contribution is 2.45. The molecule has 1 atom stereocenters. The fraction of sp³-hybridized carbons (Fsp3) is 0.286. The first-order valence-corrected chi connectivity index (χ1v) is 8.83. The minimum Gasteiger partial charge on any atom is -0.372 e. The van der Waals surface area contributed by atoms with Gasteiger partial charge < -0.3 is 9.47 Å². The Balaban J connectivity index is 1.41. The predicted molar refractivity (Wildman–Crippen MR) is 97.2 cm³/mol. The van der Waals surface area contributed by atoms with Crippen LogP contribution in [0.4, 0.5) is 5.69 Å². The summed E-state index contributed by atoms with van der Waals surface area (Å²) in [5.74, 6) is 0.682. The van der Waals surface area contributed by atoms with Crippen molar-refractivity contribution in [2.45, 2.75) is 18.9 Å². The smallest absolute Gasteiger partial charge is 0.0956 e. The fourth-order valence-corrected chi connectivity index (χ4v) is 4.47. The lowest BCUT2D eigenvalue weighted by atomic mass is 9.85. The van der Waals surface area contributed by atoms with Crippen molar-refractivity contribution >= 4 is 5.69 Å². The van der Waals surface area contributed by atoms with Crippen LogP contribution < -0.4 is 4.90 Å². The van der Waals surface area contributed by atoms with Crippen LogP contribution in [0.2, 0.25) is 0 Å². The zero-order valence-electron chi connectivity index (χ0n) is 13.7. The minimum atomic E-state index is 0.455. The van der Waals surface area contributed by atoms with E-state index < -0.39 is 0 Å². The van der Waals surface area contributed by atoms with Gasteiger partial charge >= 0.3 is 0 Å². The third-order valence-electron chi connectivity index (χ3n) is 5.63. The average Bonchev–Trinajstić information content (AvgIpc) is 3.23. The molecule has 1 aromatic heterocycles. The van der Waals surface area contributed by atoms with Gasteiger partial charge in [-0.2, -0.15) is 0 Å². The summed E-state index contributed by atoms with van der Waals surface area (Å²) < 4.78 is 2.40. The Hall–Kier alpha value is -2.55. The number of piperidine rings is 1. The highest BCUT2D eigenvalue weighted by Gasteiger charge is 2.35. The van der Waals surface area contributed by atoms with Gasteiger partial charge in [0.25, 0.3) is 0 Å². The van der Waals surface area contributed by atoms with E-state index in [2.05, 4.69) is 69.0 Å². The van der Waals surface area contributed by atoms with E-state index in [1.807, 2.05) is 12.5 Å². The average molecular weight is 315 g/mol. The summed E-state index contributed by atoms with van der Waals surface area (Å²) in [4.78, 5) is 6.92. The summed E-state index contributed by atoms with van der Waals surface area (Å²) in [5.41, 5.74) is 5.48. The summed E-state index contributed by atoms with van der Waals surface area (Å²) in [6, 6.07) is 20.1. The van der Waals surface area contributed by atoms with Crippen LogP contribution in [0.5, 0.6) is 0 Å². The van der Waals surface area contributed by atoms with Gasteiger partial charge in [-0.15, -0.1) is 0 Å². The lowest BCUT2D eigenvalue weighted by Crippen LogP contribution is -2.36. The first kappa shape index (κ1) is 13.8. The van der Waals surface area contributed by atoms with E-state index in [0.29, 0.717) is 12.0 Å². The molecule has 1 saturated heterocycles. The number of aromatic nitrogens is 2. The maximum Gasteiger partial charge on any atom is 0.0956 e. The maximum absolute atomic E-state index is 4.40. The van der Waals surface area contributed by atoms with Crippen LogP contribution >= 0.6 is 0 Å². The van der Waals surface area contributed by atoms with E-state index in [1.165, 1.54) is 35.3 Å². The Labute approximate surface area is 142 Å². The highest BCUT2D eigenvalue weighted by molar-refractivity contribution is 5.69. The van der Waals surface area contributed by atoms with E-state index in [9.17, 15) is 0 Å². The van der Waals surface area contributed by atoms with Gasteiger partial charge in [-0.1, -0.05) is 42.5 Å². The highest BCUT2D eigenvalue weighted by atomic mass is 15.1. The van der Waals surface area contributed by atoms with Crippen molar-refractivity contribution in [1.29, 1.82) is 0 Å². The lowest BCUT2D eigenvalue weighted by molar-refractivity contribution is 0.317. The maximum atomic E-state index is 4.40. The van der Waals surface area contributed by atoms with Crippen molar-refractivity contribution in [3.8, 4) is 11.3 Å². The molecule has 0 bridgehead atoms. The Kier molecular flexibility index (Phi) is 3.18. The summed E-state index contributed by atoms with van der Waals surface area (Å²) in [5, 5.41) is 0. The lowest BCUT2D eigenvalue weighted by Gasteiger charge is -2.37. The summed E-state index contributed by atoms with van der Waals surface area (Å²) in [6.07, 6.45) is 6.48. The molecule has 3 heteroatoms. The second kappa shape index (κ2) is 5.52. The fourth-order valence-electron chi connectivity index (χ4n) is 4.47. The van der Waals surface area contributed by atoms with Gasteiger partial charge in [0.2, 0.25) is 0 Å². The van der Waals surface area contributed by atoms with E-state index in [1.54, 1.807) is 0 Å². The van der Waals surface area contributed by atoms with E-state index >= 15 is 0 Å². The van der Waals surface area contributed by atoms with E-state index in [-0.39, 0.29) is 0 Å². The zero-order chi connectivity index (χ0) is 15.9. The molecular weight excluding hydrogens is 294 g/mol. The molecule has 24 heavy (non-hydrogen) atoms. The van der Waals surface area contributed by atoms with Crippen LogP contribution in [0.25, 0.3) is 11.3 Å². The molecule has 0 N–H and O–H groups in total. The topological polar surface area (TPSA) is 21.1 Å². The van der Waals surface area contributed by atoms with Crippen molar-refractivity contribution in [3.05, 3.63) is 72.7 Å². The Morgan fingerprint density at radius 2 is 1.62 bits per heavy atom. The van der Waals surface area contributed by atoms with Crippen LogP contribution in [-0.4, -0.2) is 22.6 Å². The molecule has 0 spiro atoms. The summed E-state index contributed by atoms with van der Waals surface area (Å²) in [6.45, 7) is 2.27. The van der Waals surface area contributed by atoms with E-state index in [4.69, 9.17) is 0 Å². The Morgan fingerprint density at radius 1 is 0.875 bits per heavy atom. The third kappa shape index (κ3) is 2.08. The van der Waals surface area contributed by atoms with Crippen LogP contribution in [0.1, 0.15) is 24.4 Å². The summed E-state index contributed by atoms with van der Waals surface area (Å²) in [7, 11) is 0. The molecule has 3 nitrogen and oxygen atoms in total. The number of nitrogens with zero attached hydrogens (tertiary/aromatic N) is 3. The van der Waals surface area contributed by atoms with Crippen molar-refractivity contribution in [2.75, 3.05) is 18.0 Å². The Morgan fingerprint density at radius 3 is 2.46 bits per heavy atom. The molecule has 0 saturated carbocycles. The van der Waals surface area contributed by atoms with Gasteiger partial charge in [-0.3, -0.25) is 0 Å². The molecule has 120 valence electrons. The first-order valence-electron chi connectivity index (χ1n) is 8.83. The molecule has 2 aliphatic heterocycles. The van der Waals surface area contributed by atoms with Gasteiger partial charge in [-0.05, 0) is 36.5 Å². The monoisotopic (exact) mass is 315 g/mol. The molecule has 3 heterocycles. The van der Waals surface area contributed by atoms with E-state index in [0.717, 1.165) is 13.1 Å². The number of hydrogen-bond acceptors (Lipinski definition) is 2. The summed E-state index contributed by atoms with van der Waals surface area (Å²) >= 11 is 0.